The van der Waals surface area contributed by atoms with Gasteiger partial charge in [0.1, 0.15) is 17.7 Å². The number of halogens is 1. The van der Waals surface area contributed by atoms with E-state index in [1.54, 1.807) is 9.58 Å². The second-order valence-corrected chi connectivity index (χ2v) is 13.3. The zero-order valence-corrected chi connectivity index (χ0v) is 27.4. The highest BCUT2D eigenvalue weighted by molar-refractivity contribution is 5.79. The van der Waals surface area contributed by atoms with Gasteiger partial charge in [-0.3, -0.25) is 4.79 Å². The van der Waals surface area contributed by atoms with E-state index in [1.807, 2.05) is 52.1 Å². The Labute approximate surface area is 270 Å². The van der Waals surface area contributed by atoms with Gasteiger partial charge in [-0.25, -0.2) is 13.9 Å². The number of hydrogen-bond acceptors (Lipinski definition) is 9. The molecule has 1 aromatic carbocycles. The number of fused-ring (bicyclic) bond motifs is 1. The number of aliphatic hydroxyl groups excluding tert-OH is 1. The van der Waals surface area contributed by atoms with Crippen LogP contribution < -0.4 is 0 Å². The summed E-state index contributed by atoms with van der Waals surface area (Å²) < 4.78 is 34.4. The number of likely N-dealkylation sites (N-methyl/N-ethyl adjacent to an activating group) is 1. The summed E-state index contributed by atoms with van der Waals surface area (Å²) in [6, 6.07) is 3.27. The fraction of sp³-hybridized carbons (Fsp3) is 0.647. The number of nitrogens with zero attached hydrogens (tertiary/aromatic N) is 5. The number of aromatic nitrogens is 3. The Hall–Kier alpha value is -3.35. The summed E-state index contributed by atoms with van der Waals surface area (Å²) in [4.78, 5) is 29.9. The van der Waals surface area contributed by atoms with E-state index < -0.39 is 30.1 Å². The number of carbonyl (C=O) groups is 2. The average molecular weight is 642 g/mol. The molecule has 0 radical (unpaired) electrons. The van der Waals surface area contributed by atoms with Crippen LogP contribution in [0, 0.1) is 23.6 Å². The highest BCUT2D eigenvalue weighted by atomic mass is 19.1. The van der Waals surface area contributed by atoms with Gasteiger partial charge in [0.05, 0.1) is 18.0 Å². The van der Waals surface area contributed by atoms with Crippen molar-refractivity contribution in [3.63, 3.8) is 0 Å². The predicted molar refractivity (Wildman–Crippen MR) is 171 cm³/mol. The molecule has 1 N–H and O–H groups in total. The van der Waals surface area contributed by atoms with Crippen molar-refractivity contribution in [2.24, 2.45) is 17.8 Å². The molecular weight excluding hydrogens is 593 g/mol. The second-order valence-electron chi connectivity index (χ2n) is 13.3. The predicted octanol–water partition coefficient (Wildman–Crippen LogP) is 4.44. The molecule has 5 rings (SSSR count). The van der Waals surface area contributed by atoms with E-state index in [2.05, 4.69) is 15.2 Å². The van der Waals surface area contributed by atoms with Gasteiger partial charge in [-0.15, -0.1) is 5.10 Å². The maximum absolute atomic E-state index is 15.2. The zero-order chi connectivity index (χ0) is 32.8. The summed E-state index contributed by atoms with van der Waals surface area (Å²) in [5.74, 6) is -0.969. The fourth-order valence-electron chi connectivity index (χ4n) is 6.41. The molecule has 4 heterocycles. The van der Waals surface area contributed by atoms with Gasteiger partial charge in [0.15, 0.2) is 5.82 Å². The fourth-order valence-corrected chi connectivity index (χ4v) is 6.41. The zero-order valence-electron chi connectivity index (χ0n) is 27.4. The lowest BCUT2D eigenvalue weighted by atomic mass is 9.91. The van der Waals surface area contributed by atoms with Crippen molar-refractivity contribution < 1.29 is 33.3 Å². The summed E-state index contributed by atoms with van der Waals surface area (Å²) in [5.41, 5.74) is 2.13. The maximum Gasteiger partial charge on any atom is 0.410 e. The molecule has 46 heavy (non-hydrogen) atoms. The molecule has 1 amide bonds. The Morgan fingerprint density at radius 1 is 1.11 bits per heavy atom. The van der Waals surface area contributed by atoms with E-state index in [0.29, 0.717) is 68.3 Å². The largest absolute Gasteiger partial charge is 0.457 e. The van der Waals surface area contributed by atoms with Gasteiger partial charge in [-0.05, 0) is 80.8 Å². The summed E-state index contributed by atoms with van der Waals surface area (Å²) in [6.07, 6.45) is 5.81. The Kier molecular flexibility index (Phi) is 11.5. The molecule has 0 aliphatic carbocycles. The lowest BCUT2D eigenvalue weighted by molar-refractivity contribution is -0.151. The first kappa shape index (κ1) is 34.0. The number of hydrogen-bond donors (Lipinski definition) is 1. The Bertz CT molecular complexity index is 1410. The van der Waals surface area contributed by atoms with E-state index in [9.17, 15) is 14.7 Å². The number of amides is 1. The van der Waals surface area contributed by atoms with Crippen LogP contribution in [0.15, 0.2) is 29.9 Å². The molecule has 1 aromatic heterocycles. The number of esters is 1. The number of aliphatic hydroxyl groups is 1. The first-order chi connectivity index (χ1) is 22.1. The molecule has 0 saturated carbocycles. The minimum absolute atomic E-state index is 0.0747. The number of rotatable bonds is 5. The third kappa shape index (κ3) is 8.71. The number of benzene rings is 1. The smallest absolute Gasteiger partial charge is 0.410 e. The third-order valence-electron chi connectivity index (χ3n) is 9.47. The summed E-state index contributed by atoms with van der Waals surface area (Å²) in [5, 5.41) is 19.0. The number of cyclic esters (lactones) is 1. The van der Waals surface area contributed by atoms with E-state index in [-0.39, 0.29) is 29.9 Å². The Balaban J connectivity index is 1.38. The standard InChI is InChI=1S/C34H48FN5O6/c1-22-5-7-27(41)20-31(42)46-33(23(2)6-8-30(22)45-34(43)39-13-11-38(4)12-14-39)24(3)17-26-18-28(35)32-29(19-26)40(37-36-32)21-25-9-15-44-16-10-25/h6,8,17-19,22-23,25,27,30,33,41H,5,7,9-16,20-21H2,1-4H3/b8-6+,24-17+/t22-,23-,27+,30+,33-/m0/s1. The number of ether oxygens (including phenoxy) is 3. The minimum atomic E-state index is -0.882. The maximum atomic E-state index is 15.2. The molecule has 2 fully saturated rings. The van der Waals surface area contributed by atoms with Crippen LogP contribution in [0.4, 0.5) is 9.18 Å². The monoisotopic (exact) mass is 641 g/mol. The molecule has 11 nitrogen and oxygen atoms in total. The van der Waals surface area contributed by atoms with Gasteiger partial charge in [0, 0.05) is 51.9 Å². The highest BCUT2D eigenvalue weighted by Crippen LogP contribution is 2.28. The molecule has 12 heteroatoms. The van der Waals surface area contributed by atoms with Crippen molar-refractivity contribution in [3.8, 4) is 0 Å². The molecule has 252 valence electrons. The normalized spacial score (nSPS) is 28.7. The van der Waals surface area contributed by atoms with Crippen molar-refractivity contribution in [2.45, 2.75) is 77.7 Å². The van der Waals surface area contributed by atoms with Crippen molar-refractivity contribution >= 4 is 29.2 Å². The Morgan fingerprint density at radius 2 is 1.85 bits per heavy atom. The lowest BCUT2D eigenvalue weighted by Crippen LogP contribution is -2.48. The van der Waals surface area contributed by atoms with Crippen molar-refractivity contribution in [1.29, 1.82) is 0 Å². The third-order valence-corrected chi connectivity index (χ3v) is 9.47. The van der Waals surface area contributed by atoms with Gasteiger partial charge >= 0.3 is 12.1 Å². The van der Waals surface area contributed by atoms with Gasteiger partial charge in [0.2, 0.25) is 0 Å². The average Bonchev–Trinajstić information content (AvgIpc) is 3.43. The second kappa shape index (κ2) is 15.5. The molecule has 2 saturated heterocycles. The molecule has 5 atom stereocenters. The molecule has 0 spiro atoms. The van der Waals surface area contributed by atoms with Crippen LogP contribution in [0.5, 0.6) is 0 Å². The van der Waals surface area contributed by atoms with Crippen LogP contribution in [0.1, 0.15) is 58.4 Å². The summed E-state index contributed by atoms with van der Waals surface area (Å²) in [7, 11) is 2.03. The van der Waals surface area contributed by atoms with Gasteiger partial charge in [-0.1, -0.05) is 31.2 Å². The number of piperazine rings is 1. The van der Waals surface area contributed by atoms with Crippen molar-refractivity contribution in [2.75, 3.05) is 46.4 Å². The van der Waals surface area contributed by atoms with E-state index in [1.165, 1.54) is 6.07 Å². The molecule has 2 aromatic rings. The molecular formula is C34H48FN5O6. The quantitative estimate of drug-likeness (QED) is 0.373. The summed E-state index contributed by atoms with van der Waals surface area (Å²) in [6.45, 7) is 10.6. The highest BCUT2D eigenvalue weighted by Gasteiger charge is 2.29. The van der Waals surface area contributed by atoms with Gasteiger partial charge < -0.3 is 29.1 Å². The van der Waals surface area contributed by atoms with Crippen molar-refractivity contribution in [1.82, 2.24) is 24.8 Å². The van der Waals surface area contributed by atoms with E-state index >= 15 is 4.39 Å². The van der Waals surface area contributed by atoms with E-state index in [4.69, 9.17) is 14.2 Å². The van der Waals surface area contributed by atoms with Crippen LogP contribution in [0.3, 0.4) is 0 Å². The topological polar surface area (TPSA) is 119 Å². The molecule has 3 aliphatic heterocycles. The van der Waals surface area contributed by atoms with E-state index in [0.717, 1.165) is 25.9 Å². The Morgan fingerprint density at radius 3 is 2.59 bits per heavy atom. The molecule has 0 bridgehead atoms. The molecule has 3 aliphatic rings. The van der Waals surface area contributed by atoms with Gasteiger partial charge in [-0.2, -0.15) is 0 Å². The SMILES string of the molecule is C/C(=C\c1cc(F)c2nnn(CC3CCOCC3)c2c1)[C@H]1OC(=O)C[C@H](O)CC[C@H](C)[C@H](OC(=O)N2CCN(C)CC2)/C=C/[C@@H]1C. The minimum Gasteiger partial charge on any atom is -0.457 e. The molecule has 0 unspecified atom stereocenters. The first-order valence-corrected chi connectivity index (χ1v) is 16.6. The van der Waals surface area contributed by atoms with Crippen LogP contribution in [-0.2, 0) is 25.5 Å². The van der Waals surface area contributed by atoms with Crippen molar-refractivity contribution in [3.05, 3.63) is 41.2 Å². The van der Waals surface area contributed by atoms with Crippen LogP contribution in [-0.4, -0.2) is 107 Å². The number of carbonyl (C=O) groups excluding carboxylic acids is 2. The first-order valence-electron chi connectivity index (χ1n) is 16.6. The van der Waals surface area contributed by atoms with Crippen LogP contribution >= 0.6 is 0 Å². The van der Waals surface area contributed by atoms with Crippen LogP contribution in [0.25, 0.3) is 17.1 Å². The van der Waals surface area contributed by atoms with Gasteiger partial charge in [0.25, 0.3) is 0 Å². The summed E-state index contributed by atoms with van der Waals surface area (Å²) >= 11 is 0. The van der Waals surface area contributed by atoms with Crippen LogP contribution in [0.2, 0.25) is 0 Å². The lowest BCUT2D eigenvalue weighted by Gasteiger charge is -2.33.